The van der Waals surface area contributed by atoms with E-state index < -0.39 is 5.97 Å². The van der Waals surface area contributed by atoms with Gasteiger partial charge in [0.2, 0.25) is 0 Å². The molecule has 146 valence electrons. The number of esters is 1. The van der Waals surface area contributed by atoms with E-state index in [1.54, 1.807) is 6.07 Å². The van der Waals surface area contributed by atoms with Gasteiger partial charge in [0.1, 0.15) is 23.6 Å². The molecule has 0 atom stereocenters. The van der Waals surface area contributed by atoms with Crippen molar-refractivity contribution in [2.75, 3.05) is 7.11 Å². The van der Waals surface area contributed by atoms with Crippen molar-refractivity contribution in [3.8, 4) is 17.6 Å². The van der Waals surface area contributed by atoms with Gasteiger partial charge in [-0.25, -0.2) is 9.78 Å². The lowest BCUT2D eigenvalue weighted by molar-refractivity contribution is 0.0594. The minimum atomic E-state index is -0.516. The van der Waals surface area contributed by atoms with Crippen LogP contribution in [0.4, 0.5) is 0 Å². The highest BCUT2D eigenvalue weighted by Crippen LogP contribution is 2.28. The van der Waals surface area contributed by atoms with Crippen LogP contribution in [0.2, 0.25) is 0 Å². The Kier molecular flexibility index (Phi) is 5.73. The van der Waals surface area contributed by atoms with Crippen LogP contribution in [-0.2, 0) is 11.3 Å². The van der Waals surface area contributed by atoms with E-state index in [1.807, 2.05) is 78.9 Å². The van der Waals surface area contributed by atoms with E-state index >= 15 is 0 Å². The minimum Gasteiger partial charge on any atom is -0.487 e. The van der Waals surface area contributed by atoms with Gasteiger partial charge in [0.25, 0.3) is 0 Å². The molecule has 4 aromatic rings. The number of fused-ring (bicyclic) bond motifs is 1. The third-order valence-electron chi connectivity index (χ3n) is 4.55. The zero-order valence-corrected chi connectivity index (χ0v) is 16.5. The van der Waals surface area contributed by atoms with Crippen molar-refractivity contribution in [1.29, 1.82) is 0 Å². The number of benzene rings is 3. The third-order valence-corrected chi connectivity index (χ3v) is 4.55. The average molecular weight is 393 g/mol. The van der Waals surface area contributed by atoms with Gasteiger partial charge in [0.05, 0.1) is 7.11 Å². The number of hydrogen-bond donors (Lipinski definition) is 0. The molecule has 1 heterocycles. The van der Waals surface area contributed by atoms with Crippen molar-refractivity contribution in [2.45, 2.75) is 6.61 Å². The second kappa shape index (κ2) is 8.93. The molecule has 0 unspecified atom stereocenters. The van der Waals surface area contributed by atoms with Crippen LogP contribution < -0.4 is 4.74 Å². The first-order valence-electron chi connectivity index (χ1n) is 9.50. The first-order valence-corrected chi connectivity index (χ1v) is 9.50. The van der Waals surface area contributed by atoms with Gasteiger partial charge in [-0.05, 0) is 29.8 Å². The zero-order valence-electron chi connectivity index (χ0n) is 16.5. The fraction of sp³-hybridized carbons (Fsp3) is 0.0769. The predicted octanol–water partition coefficient (Wildman–Crippen LogP) is 5.00. The van der Waals surface area contributed by atoms with Crippen LogP contribution in [0.1, 0.15) is 27.2 Å². The highest BCUT2D eigenvalue weighted by molar-refractivity contribution is 5.96. The van der Waals surface area contributed by atoms with Crippen molar-refractivity contribution in [3.63, 3.8) is 0 Å². The van der Waals surface area contributed by atoms with Crippen LogP contribution >= 0.6 is 0 Å². The van der Waals surface area contributed by atoms with E-state index in [4.69, 9.17) is 9.47 Å². The molecule has 0 aliphatic rings. The first-order chi connectivity index (χ1) is 14.7. The van der Waals surface area contributed by atoms with Crippen molar-refractivity contribution >= 4 is 16.9 Å². The molecule has 4 nitrogen and oxygen atoms in total. The summed E-state index contributed by atoms with van der Waals surface area (Å²) < 4.78 is 10.9. The Bertz CT molecular complexity index is 1240. The van der Waals surface area contributed by atoms with E-state index in [0.717, 1.165) is 16.5 Å². The summed E-state index contributed by atoms with van der Waals surface area (Å²) in [5.74, 6) is 6.39. The van der Waals surface area contributed by atoms with E-state index in [9.17, 15) is 4.79 Å². The summed E-state index contributed by atoms with van der Waals surface area (Å²) in [6.45, 7) is 0.398. The number of rotatable bonds is 4. The lowest BCUT2D eigenvalue weighted by Crippen LogP contribution is -2.06. The zero-order chi connectivity index (χ0) is 20.8. The Balaban J connectivity index is 1.79. The Morgan fingerprint density at radius 2 is 1.63 bits per heavy atom. The molecule has 0 bridgehead atoms. The van der Waals surface area contributed by atoms with Crippen molar-refractivity contribution in [3.05, 3.63) is 107 Å². The standard InChI is InChI=1S/C26H19NO3/c1-29-26(28)23-17-21(16-15-19-9-4-2-5-10-19)22-13-8-14-24(25(22)27-23)30-18-20-11-6-3-7-12-20/h2-14,17H,18H2,1H3. The monoisotopic (exact) mass is 393 g/mol. The normalized spacial score (nSPS) is 10.2. The van der Waals surface area contributed by atoms with Gasteiger partial charge in [-0.15, -0.1) is 0 Å². The number of carbonyl (C=O) groups excluding carboxylic acids is 1. The van der Waals surface area contributed by atoms with Gasteiger partial charge >= 0.3 is 5.97 Å². The summed E-state index contributed by atoms with van der Waals surface area (Å²) >= 11 is 0. The molecule has 0 amide bonds. The van der Waals surface area contributed by atoms with E-state index in [2.05, 4.69) is 16.8 Å². The summed E-state index contributed by atoms with van der Waals surface area (Å²) in [5.41, 5.74) is 3.39. The highest BCUT2D eigenvalue weighted by atomic mass is 16.5. The molecule has 1 aromatic heterocycles. The summed E-state index contributed by atoms with van der Waals surface area (Å²) in [6, 6.07) is 26.9. The molecule has 30 heavy (non-hydrogen) atoms. The number of carbonyl (C=O) groups is 1. The number of pyridine rings is 1. The van der Waals surface area contributed by atoms with E-state index in [0.29, 0.717) is 23.4 Å². The molecule has 3 aromatic carbocycles. The molecule has 4 rings (SSSR count). The molecule has 4 heteroatoms. The fourth-order valence-corrected chi connectivity index (χ4v) is 3.05. The molecular formula is C26H19NO3. The van der Waals surface area contributed by atoms with Gasteiger partial charge < -0.3 is 9.47 Å². The second-order valence-electron chi connectivity index (χ2n) is 6.59. The lowest BCUT2D eigenvalue weighted by atomic mass is 10.1. The molecule has 0 aliphatic heterocycles. The maximum Gasteiger partial charge on any atom is 0.356 e. The fourth-order valence-electron chi connectivity index (χ4n) is 3.05. The van der Waals surface area contributed by atoms with E-state index in [1.165, 1.54) is 7.11 Å². The number of nitrogens with zero attached hydrogens (tertiary/aromatic N) is 1. The van der Waals surface area contributed by atoms with Crippen molar-refractivity contribution in [2.24, 2.45) is 0 Å². The predicted molar refractivity (Wildman–Crippen MR) is 116 cm³/mol. The number of para-hydroxylation sites is 1. The molecule has 0 N–H and O–H groups in total. The largest absolute Gasteiger partial charge is 0.487 e. The molecule has 0 spiro atoms. The Labute approximate surface area is 175 Å². The summed E-state index contributed by atoms with van der Waals surface area (Å²) in [5, 5.41) is 0.816. The molecule has 0 fully saturated rings. The van der Waals surface area contributed by atoms with Crippen LogP contribution in [0.3, 0.4) is 0 Å². The van der Waals surface area contributed by atoms with Crippen LogP contribution in [0.15, 0.2) is 84.9 Å². The van der Waals surface area contributed by atoms with Crippen LogP contribution in [0, 0.1) is 11.8 Å². The number of methoxy groups -OCH3 is 1. The quantitative estimate of drug-likeness (QED) is 0.362. The number of aromatic nitrogens is 1. The van der Waals surface area contributed by atoms with Crippen LogP contribution in [0.25, 0.3) is 10.9 Å². The number of ether oxygens (including phenoxy) is 2. The Morgan fingerprint density at radius 1 is 0.900 bits per heavy atom. The molecule has 0 radical (unpaired) electrons. The Hall–Kier alpha value is -4.10. The number of hydrogen-bond acceptors (Lipinski definition) is 4. The highest BCUT2D eigenvalue weighted by Gasteiger charge is 2.14. The van der Waals surface area contributed by atoms with Gasteiger partial charge in [-0.2, -0.15) is 0 Å². The molecule has 0 saturated carbocycles. The summed E-state index contributed by atoms with van der Waals surface area (Å²) in [7, 11) is 1.33. The second-order valence-corrected chi connectivity index (χ2v) is 6.59. The summed E-state index contributed by atoms with van der Waals surface area (Å²) in [6.07, 6.45) is 0. The van der Waals surface area contributed by atoms with Gasteiger partial charge in [-0.1, -0.05) is 72.5 Å². The smallest absolute Gasteiger partial charge is 0.356 e. The summed E-state index contributed by atoms with van der Waals surface area (Å²) in [4.78, 5) is 16.7. The van der Waals surface area contributed by atoms with Crippen LogP contribution in [-0.4, -0.2) is 18.1 Å². The SMILES string of the molecule is COC(=O)c1cc(C#Cc2ccccc2)c2cccc(OCc3ccccc3)c2n1. The van der Waals surface area contributed by atoms with Gasteiger partial charge in [0.15, 0.2) is 0 Å². The first kappa shape index (κ1) is 19.2. The minimum absolute atomic E-state index is 0.193. The molecule has 0 saturated heterocycles. The molecular weight excluding hydrogens is 374 g/mol. The van der Waals surface area contributed by atoms with Crippen LogP contribution in [0.5, 0.6) is 5.75 Å². The third kappa shape index (κ3) is 4.31. The van der Waals surface area contributed by atoms with Gasteiger partial charge in [0, 0.05) is 16.5 Å². The lowest BCUT2D eigenvalue weighted by Gasteiger charge is -2.11. The average Bonchev–Trinajstić information content (AvgIpc) is 2.81. The topological polar surface area (TPSA) is 48.4 Å². The molecule has 0 aliphatic carbocycles. The Morgan fingerprint density at radius 3 is 2.37 bits per heavy atom. The maximum atomic E-state index is 12.2. The maximum absolute atomic E-state index is 12.2. The van der Waals surface area contributed by atoms with Crippen molar-refractivity contribution in [1.82, 2.24) is 4.98 Å². The van der Waals surface area contributed by atoms with Crippen molar-refractivity contribution < 1.29 is 14.3 Å². The van der Waals surface area contributed by atoms with Gasteiger partial charge in [-0.3, -0.25) is 0 Å². The van der Waals surface area contributed by atoms with E-state index in [-0.39, 0.29) is 5.69 Å².